The van der Waals surface area contributed by atoms with E-state index >= 15 is 0 Å². The van der Waals surface area contributed by atoms with Crippen LogP contribution in [0.2, 0.25) is 0 Å². The van der Waals surface area contributed by atoms with E-state index in [2.05, 4.69) is 35.6 Å². The Balaban J connectivity index is 1.97. The first-order valence-electron chi connectivity index (χ1n) is 7.24. The molecule has 2 rings (SSSR count). The third-order valence-corrected chi connectivity index (χ3v) is 3.00. The summed E-state index contributed by atoms with van der Waals surface area (Å²) in [6.45, 7) is 5.47. The van der Waals surface area contributed by atoms with E-state index in [4.69, 9.17) is 9.47 Å². The summed E-state index contributed by atoms with van der Waals surface area (Å²) in [6.07, 6.45) is 0.193. The highest BCUT2D eigenvalue weighted by atomic mass is 16.5. The number of nitrogens with one attached hydrogen (secondary N) is 1. The Bertz CT molecular complexity index is 567. The van der Waals surface area contributed by atoms with Gasteiger partial charge in [0.05, 0.1) is 12.7 Å². The molecule has 112 valence electrons. The molecule has 0 aliphatic carbocycles. The van der Waals surface area contributed by atoms with Crippen LogP contribution in [0, 0.1) is 0 Å². The predicted octanol–water partition coefficient (Wildman–Crippen LogP) is 4.23. The van der Waals surface area contributed by atoms with Crippen LogP contribution in [0.3, 0.4) is 0 Å². The first kappa shape index (κ1) is 15.4. The van der Waals surface area contributed by atoms with E-state index in [1.54, 1.807) is 7.11 Å². The average molecular weight is 285 g/mol. The highest BCUT2D eigenvalue weighted by Gasteiger charge is 2.00. The van der Waals surface area contributed by atoms with Crippen LogP contribution in [0.5, 0.6) is 5.75 Å². The summed E-state index contributed by atoms with van der Waals surface area (Å²) < 4.78 is 10.9. The van der Waals surface area contributed by atoms with Crippen molar-refractivity contribution in [3.05, 3.63) is 59.7 Å². The molecule has 0 amide bonds. The lowest BCUT2D eigenvalue weighted by Gasteiger charge is -2.12. The summed E-state index contributed by atoms with van der Waals surface area (Å²) in [7, 11) is 1.71. The lowest BCUT2D eigenvalue weighted by molar-refractivity contribution is 0.185. The molecule has 0 aliphatic heterocycles. The van der Waals surface area contributed by atoms with Crippen molar-refractivity contribution in [1.82, 2.24) is 0 Å². The molecule has 2 aromatic rings. The van der Waals surface area contributed by atoms with Crippen molar-refractivity contribution in [2.24, 2.45) is 0 Å². The third kappa shape index (κ3) is 5.12. The molecule has 2 aromatic carbocycles. The zero-order valence-corrected chi connectivity index (χ0v) is 12.9. The second-order valence-corrected chi connectivity index (χ2v) is 5.30. The molecule has 0 saturated carbocycles. The maximum atomic E-state index is 5.71. The van der Waals surface area contributed by atoms with Crippen molar-refractivity contribution in [3.63, 3.8) is 0 Å². The van der Waals surface area contributed by atoms with Crippen molar-refractivity contribution in [2.45, 2.75) is 33.1 Å². The number of ether oxygens (including phenoxy) is 2. The summed E-state index contributed by atoms with van der Waals surface area (Å²) in [5, 5.41) is 3.43. The monoisotopic (exact) mass is 285 g/mol. The van der Waals surface area contributed by atoms with Crippen molar-refractivity contribution in [1.29, 1.82) is 0 Å². The molecule has 1 N–H and O–H groups in total. The number of hydrogen-bond acceptors (Lipinski definition) is 3. The molecule has 0 spiro atoms. The Labute approximate surface area is 126 Å². The molecule has 0 saturated heterocycles. The van der Waals surface area contributed by atoms with Crippen LogP contribution in [0.15, 0.2) is 48.5 Å². The molecular formula is C18H23NO2. The van der Waals surface area contributed by atoms with E-state index in [0.29, 0.717) is 6.61 Å². The topological polar surface area (TPSA) is 30.5 Å². The van der Waals surface area contributed by atoms with Crippen molar-refractivity contribution < 1.29 is 9.47 Å². The van der Waals surface area contributed by atoms with Crippen LogP contribution >= 0.6 is 0 Å². The molecule has 21 heavy (non-hydrogen) atoms. The highest BCUT2D eigenvalue weighted by molar-refractivity contribution is 5.46. The average Bonchev–Trinajstić information content (AvgIpc) is 2.46. The van der Waals surface area contributed by atoms with Crippen LogP contribution in [0.1, 0.15) is 25.0 Å². The van der Waals surface area contributed by atoms with E-state index in [-0.39, 0.29) is 6.10 Å². The molecule has 0 heterocycles. The number of anilines is 1. The summed E-state index contributed by atoms with van der Waals surface area (Å²) in [4.78, 5) is 0. The van der Waals surface area contributed by atoms with Gasteiger partial charge < -0.3 is 14.8 Å². The molecular weight excluding hydrogens is 262 g/mol. The van der Waals surface area contributed by atoms with Crippen LogP contribution in [0.4, 0.5) is 5.69 Å². The van der Waals surface area contributed by atoms with Gasteiger partial charge in [-0.25, -0.2) is 0 Å². The Kier molecular flexibility index (Phi) is 5.64. The van der Waals surface area contributed by atoms with Gasteiger partial charge in [0.25, 0.3) is 0 Å². The van der Waals surface area contributed by atoms with E-state index in [0.717, 1.165) is 18.0 Å². The minimum atomic E-state index is 0.193. The molecule has 0 bridgehead atoms. The van der Waals surface area contributed by atoms with Gasteiger partial charge in [-0.2, -0.15) is 0 Å². The van der Waals surface area contributed by atoms with Gasteiger partial charge in [0.2, 0.25) is 0 Å². The molecule has 0 atom stereocenters. The number of rotatable bonds is 7. The van der Waals surface area contributed by atoms with Crippen LogP contribution in [0.25, 0.3) is 0 Å². The Morgan fingerprint density at radius 1 is 1.00 bits per heavy atom. The molecule has 0 aliphatic rings. The fraction of sp³-hybridized carbons (Fsp3) is 0.333. The van der Waals surface area contributed by atoms with Crippen LogP contribution in [-0.2, 0) is 17.9 Å². The van der Waals surface area contributed by atoms with Gasteiger partial charge >= 0.3 is 0 Å². The number of methoxy groups -OCH3 is 1. The summed E-state index contributed by atoms with van der Waals surface area (Å²) in [5.74, 6) is 0.914. The quantitative estimate of drug-likeness (QED) is 0.825. The molecule has 0 fully saturated rings. The smallest absolute Gasteiger partial charge is 0.120 e. The van der Waals surface area contributed by atoms with E-state index in [1.807, 2.05) is 32.0 Å². The van der Waals surface area contributed by atoms with E-state index < -0.39 is 0 Å². The maximum absolute atomic E-state index is 5.71. The fourth-order valence-corrected chi connectivity index (χ4v) is 2.14. The van der Waals surface area contributed by atoms with Crippen molar-refractivity contribution >= 4 is 5.69 Å². The molecule has 3 heteroatoms. The van der Waals surface area contributed by atoms with Crippen molar-refractivity contribution in [2.75, 3.05) is 12.4 Å². The molecule has 0 aromatic heterocycles. The predicted molar refractivity (Wildman–Crippen MR) is 86.7 cm³/mol. The number of hydrogen-bond donors (Lipinski definition) is 1. The normalized spacial score (nSPS) is 10.7. The fourth-order valence-electron chi connectivity index (χ4n) is 2.14. The Hall–Kier alpha value is -2.00. The second-order valence-electron chi connectivity index (χ2n) is 5.30. The second kappa shape index (κ2) is 7.70. The summed E-state index contributed by atoms with van der Waals surface area (Å²) in [6, 6.07) is 16.5. The maximum Gasteiger partial charge on any atom is 0.120 e. The Morgan fingerprint density at radius 2 is 1.76 bits per heavy atom. The van der Waals surface area contributed by atoms with Gasteiger partial charge in [-0.1, -0.05) is 24.3 Å². The van der Waals surface area contributed by atoms with E-state index in [1.165, 1.54) is 11.1 Å². The molecule has 3 nitrogen and oxygen atoms in total. The largest absolute Gasteiger partial charge is 0.491 e. The van der Waals surface area contributed by atoms with E-state index in [9.17, 15) is 0 Å². The Morgan fingerprint density at radius 3 is 2.52 bits per heavy atom. The zero-order chi connectivity index (χ0) is 15.1. The molecule has 0 radical (unpaired) electrons. The summed E-state index contributed by atoms with van der Waals surface area (Å²) in [5.41, 5.74) is 3.46. The van der Waals surface area contributed by atoms with Crippen LogP contribution in [-0.4, -0.2) is 13.2 Å². The summed E-state index contributed by atoms with van der Waals surface area (Å²) >= 11 is 0. The zero-order valence-electron chi connectivity index (χ0n) is 12.9. The van der Waals surface area contributed by atoms with Gasteiger partial charge in [0.15, 0.2) is 0 Å². The van der Waals surface area contributed by atoms with Gasteiger partial charge in [-0.3, -0.25) is 0 Å². The van der Waals surface area contributed by atoms with Crippen molar-refractivity contribution in [3.8, 4) is 5.75 Å². The van der Waals surface area contributed by atoms with Gasteiger partial charge in [0.1, 0.15) is 5.75 Å². The van der Waals surface area contributed by atoms with Gasteiger partial charge in [-0.05, 0) is 49.2 Å². The van der Waals surface area contributed by atoms with Gasteiger partial charge in [-0.15, -0.1) is 0 Å². The third-order valence-electron chi connectivity index (χ3n) is 3.00. The SMILES string of the molecule is COCc1cccc(NCc2cccc(OC(C)C)c2)c1. The standard InChI is InChI=1S/C18H23NO2/c1-14(2)21-18-9-5-6-15(11-18)12-19-17-8-4-7-16(10-17)13-20-3/h4-11,14,19H,12-13H2,1-3H3. The number of benzene rings is 2. The minimum Gasteiger partial charge on any atom is -0.491 e. The molecule has 0 unspecified atom stereocenters. The lowest BCUT2D eigenvalue weighted by atomic mass is 10.2. The first-order valence-corrected chi connectivity index (χ1v) is 7.24. The van der Waals surface area contributed by atoms with Crippen LogP contribution < -0.4 is 10.1 Å². The van der Waals surface area contributed by atoms with Gasteiger partial charge in [0, 0.05) is 19.3 Å². The first-order chi connectivity index (χ1) is 10.2. The highest BCUT2D eigenvalue weighted by Crippen LogP contribution is 2.17. The lowest BCUT2D eigenvalue weighted by Crippen LogP contribution is -2.06. The minimum absolute atomic E-state index is 0.193.